The minimum absolute atomic E-state index is 0.316. The van der Waals surface area contributed by atoms with E-state index in [0.29, 0.717) is 12.8 Å². The summed E-state index contributed by atoms with van der Waals surface area (Å²) < 4.78 is 5.78. The average molecular weight is 526 g/mol. The number of fused-ring (bicyclic) bond motifs is 3. The molecule has 0 fully saturated rings. The smallest absolute Gasteiger partial charge is 0.311 e. The summed E-state index contributed by atoms with van der Waals surface area (Å²) in [6.45, 7) is 8.02. The fourth-order valence-corrected chi connectivity index (χ4v) is 6.45. The lowest BCUT2D eigenvalue weighted by Gasteiger charge is -2.22. The van der Waals surface area contributed by atoms with Crippen molar-refractivity contribution in [3.63, 3.8) is 0 Å². The van der Waals surface area contributed by atoms with Crippen LogP contribution in [-0.4, -0.2) is 34.2 Å². The number of carbonyl (C=O) groups is 2. The van der Waals surface area contributed by atoms with E-state index in [1.807, 2.05) is 33.8 Å². The molecule has 4 rings (SSSR count). The first-order valence-electron chi connectivity index (χ1n) is 13.3. The van der Waals surface area contributed by atoms with Gasteiger partial charge in [-0.1, -0.05) is 38.8 Å². The van der Waals surface area contributed by atoms with Gasteiger partial charge in [0.25, 0.3) is 0 Å². The molecule has 2 heterocycles. The Morgan fingerprint density at radius 1 is 1.11 bits per heavy atom. The van der Waals surface area contributed by atoms with Crippen LogP contribution in [0.2, 0.25) is 0 Å². The van der Waals surface area contributed by atoms with Crippen LogP contribution in [0.3, 0.4) is 0 Å². The van der Waals surface area contributed by atoms with E-state index in [2.05, 4.69) is 12.1 Å². The van der Waals surface area contributed by atoms with E-state index >= 15 is 0 Å². The van der Waals surface area contributed by atoms with E-state index in [4.69, 9.17) is 14.8 Å². The monoisotopic (exact) mass is 525 g/mol. The van der Waals surface area contributed by atoms with Crippen LogP contribution in [0.5, 0.6) is 5.75 Å². The number of aromatic nitrogens is 1. The van der Waals surface area contributed by atoms with Crippen LogP contribution in [0.1, 0.15) is 92.0 Å². The molecule has 1 aliphatic rings. The molecule has 1 atom stereocenters. The fraction of sp³-hybridized carbons (Fsp3) is 0.500. The van der Waals surface area contributed by atoms with E-state index in [1.165, 1.54) is 23.3 Å². The second kappa shape index (κ2) is 13.0. The van der Waals surface area contributed by atoms with Crippen LogP contribution < -0.4 is 4.74 Å². The molecule has 200 valence electrons. The maximum Gasteiger partial charge on any atom is 0.311 e. The van der Waals surface area contributed by atoms with Crippen molar-refractivity contribution < 1.29 is 24.5 Å². The molecule has 0 spiro atoms. The second-order valence-corrected chi connectivity index (χ2v) is 10.8. The molecule has 2 aromatic heterocycles. The van der Waals surface area contributed by atoms with E-state index in [9.17, 15) is 14.7 Å². The minimum atomic E-state index is -0.780. The summed E-state index contributed by atoms with van der Waals surface area (Å²) in [6, 6.07) is 6.20. The highest BCUT2D eigenvalue weighted by molar-refractivity contribution is 7.19. The third kappa shape index (κ3) is 6.50. The molecule has 0 saturated heterocycles. The molecule has 0 saturated carbocycles. The Bertz CT molecular complexity index is 1260. The Kier molecular flexibility index (Phi) is 10.1. The Morgan fingerprint density at radius 2 is 1.84 bits per heavy atom. The molecular weight excluding hydrogens is 486 g/mol. The van der Waals surface area contributed by atoms with Crippen LogP contribution in [0.4, 0.5) is 0 Å². The van der Waals surface area contributed by atoms with Gasteiger partial charge in [-0.2, -0.15) is 0 Å². The highest BCUT2D eigenvalue weighted by atomic mass is 32.1. The van der Waals surface area contributed by atoms with Crippen LogP contribution in [0, 0.1) is 13.8 Å². The number of ether oxygens (including phenoxy) is 1. The van der Waals surface area contributed by atoms with Gasteiger partial charge >= 0.3 is 11.9 Å². The summed E-state index contributed by atoms with van der Waals surface area (Å²) in [5.74, 6) is -1.26. The standard InChI is InChI=1S/C25H29NO3S.C5H10O2/c1-5-8-18(25(27)28)21-15(3)26-24-23(17-9-6-7-10-20(17)30-24)22(21)16-12-11-14(2)13-19(16)29-4;1-2-3-4-5(6)7/h11-13,18H,5-10H2,1-4H3,(H,27,28);2-4H2,1H3,(H,6,7). The summed E-state index contributed by atoms with van der Waals surface area (Å²) in [5, 5.41) is 19.3. The van der Waals surface area contributed by atoms with Crippen molar-refractivity contribution in [1.82, 2.24) is 4.98 Å². The molecule has 0 bridgehead atoms. The van der Waals surface area contributed by atoms with Crippen LogP contribution in [-0.2, 0) is 22.4 Å². The lowest BCUT2D eigenvalue weighted by atomic mass is 9.83. The van der Waals surface area contributed by atoms with Gasteiger partial charge in [0.1, 0.15) is 10.6 Å². The van der Waals surface area contributed by atoms with Gasteiger partial charge in [-0.3, -0.25) is 9.59 Å². The molecule has 1 aliphatic carbocycles. The number of carboxylic acids is 2. The molecule has 1 unspecified atom stereocenters. The molecule has 0 amide bonds. The highest BCUT2D eigenvalue weighted by Crippen LogP contribution is 2.47. The van der Waals surface area contributed by atoms with Crippen molar-refractivity contribution in [3.8, 4) is 16.9 Å². The number of benzene rings is 1. The number of thiophene rings is 1. The van der Waals surface area contributed by atoms with Gasteiger partial charge in [0.05, 0.1) is 13.0 Å². The number of hydrogen-bond acceptors (Lipinski definition) is 5. The molecule has 0 radical (unpaired) electrons. The number of nitrogens with zero attached hydrogens (tertiary/aromatic N) is 1. The summed E-state index contributed by atoms with van der Waals surface area (Å²) >= 11 is 1.78. The average Bonchev–Trinajstić information content (AvgIpc) is 3.23. The second-order valence-electron chi connectivity index (χ2n) is 9.76. The van der Waals surface area contributed by atoms with Gasteiger partial charge in [-0.05, 0) is 75.1 Å². The van der Waals surface area contributed by atoms with Crippen molar-refractivity contribution in [2.45, 2.75) is 91.4 Å². The predicted molar refractivity (Wildman–Crippen MR) is 150 cm³/mol. The summed E-state index contributed by atoms with van der Waals surface area (Å²) in [5.41, 5.74) is 6.16. The van der Waals surface area contributed by atoms with Gasteiger partial charge in [-0.15, -0.1) is 11.3 Å². The number of rotatable bonds is 9. The molecule has 7 heteroatoms. The zero-order valence-corrected chi connectivity index (χ0v) is 23.5. The molecule has 3 aromatic rings. The Morgan fingerprint density at radius 3 is 2.43 bits per heavy atom. The zero-order chi connectivity index (χ0) is 27.1. The minimum Gasteiger partial charge on any atom is -0.496 e. The largest absolute Gasteiger partial charge is 0.496 e. The summed E-state index contributed by atoms with van der Waals surface area (Å²) in [6.07, 6.45) is 7.99. The lowest BCUT2D eigenvalue weighted by molar-refractivity contribution is -0.139. The van der Waals surface area contributed by atoms with Crippen LogP contribution in [0.15, 0.2) is 18.2 Å². The number of unbranched alkanes of at least 4 members (excludes halogenated alkanes) is 1. The highest BCUT2D eigenvalue weighted by Gasteiger charge is 2.31. The Hall–Kier alpha value is -2.93. The van der Waals surface area contributed by atoms with Gasteiger partial charge < -0.3 is 14.9 Å². The van der Waals surface area contributed by atoms with Gasteiger partial charge in [-0.25, -0.2) is 4.98 Å². The molecule has 0 aliphatic heterocycles. The van der Waals surface area contributed by atoms with E-state index in [1.54, 1.807) is 18.4 Å². The molecular formula is C30H39NO5S. The first-order valence-corrected chi connectivity index (χ1v) is 14.1. The maximum atomic E-state index is 12.3. The number of pyridine rings is 1. The van der Waals surface area contributed by atoms with E-state index in [0.717, 1.165) is 76.0 Å². The van der Waals surface area contributed by atoms with E-state index in [-0.39, 0.29) is 0 Å². The van der Waals surface area contributed by atoms with Crippen molar-refractivity contribution in [2.75, 3.05) is 7.11 Å². The normalized spacial score (nSPS) is 13.4. The molecule has 37 heavy (non-hydrogen) atoms. The predicted octanol–water partition coefficient (Wildman–Crippen LogP) is 7.70. The topological polar surface area (TPSA) is 96.7 Å². The third-order valence-corrected chi connectivity index (χ3v) is 8.11. The lowest BCUT2D eigenvalue weighted by Crippen LogP contribution is -2.15. The third-order valence-electron chi connectivity index (χ3n) is 6.93. The van der Waals surface area contributed by atoms with Crippen molar-refractivity contribution in [2.24, 2.45) is 0 Å². The van der Waals surface area contributed by atoms with Crippen molar-refractivity contribution in [1.29, 1.82) is 0 Å². The quantitative estimate of drug-likeness (QED) is 0.297. The number of aryl methyl sites for hydroxylation is 4. The Labute approximate surface area is 223 Å². The van der Waals surface area contributed by atoms with Crippen LogP contribution >= 0.6 is 11.3 Å². The van der Waals surface area contributed by atoms with Crippen LogP contribution in [0.25, 0.3) is 21.3 Å². The van der Waals surface area contributed by atoms with Crippen molar-refractivity contribution >= 4 is 33.5 Å². The number of methoxy groups -OCH3 is 1. The SMILES string of the molecule is CCCC(C(=O)O)c1c(C)nc2sc3c(c2c1-c1ccc(C)cc1OC)CCCC3.CCCCC(=O)O. The molecule has 2 N–H and O–H groups in total. The zero-order valence-electron chi connectivity index (χ0n) is 22.6. The van der Waals surface area contributed by atoms with Gasteiger partial charge in [0.2, 0.25) is 0 Å². The first-order chi connectivity index (χ1) is 17.7. The Balaban J connectivity index is 0.000000479. The molecule has 6 nitrogen and oxygen atoms in total. The molecule has 1 aromatic carbocycles. The summed E-state index contributed by atoms with van der Waals surface area (Å²) in [7, 11) is 1.69. The first kappa shape index (κ1) is 28.6. The number of carboxylic acid groups (broad SMARTS) is 2. The van der Waals surface area contributed by atoms with Gasteiger partial charge in [0.15, 0.2) is 0 Å². The summed E-state index contributed by atoms with van der Waals surface area (Å²) in [4.78, 5) is 29.5. The fourth-order valence-electron chi connectivity index (χ4n) is 5.14. The van der Waals surface area contributed by atoms with E-state index < -0.39 is 17.9 Å². The van der Waals surface area contributed by atoms with Gasteiger partial charge in [0, 0.05) is 33.5 Å². The number of hydrogen-bond donors (Lipinski definition) is 2. The number of aliphatic carboxylic acids is 2. The van der Waals surface area contributed by atoms with Crippen molar-refractivity contribution in [3.05, 3.63) is 45.5 Å². The maximum absolute atomic E-state index is 12.3.